The molecule has 0 amide bonds. The van der Waals surface area contributed by atoms with Gasteiger partial charge in [0, 0.05) is 12.5 Å². The summed E-state index contributed by atoms with van der Waals surface area (Å²) < 4.78 is 5.71. The van der Waals surface area contributed by atoms with Gasteiger partial charge in [-0.05, 0) is 53.4 Å². The topological polar surface area (TPSA) is 35.2 Å². The fourth-order valence-corrected chi connectivity index (χ4v) is 2.83. The zero-order valence-electron chi connectivity index (χ0n) is 10.9. The molecule has 0 saturated carbocycles. The molecule has 2 aromatic rings. The lowest BCUT2D eigenvalue weighted by Crippen LogP contribution is -2.17. The third-order valence-electron chi connectivity index (χ3n) is 2.78. The van der Waals surface area contributed by atoms with Crippen molar-refractivity contribution in [3.63, 3.8) is 0 Å². The van der Waals surface area contributed by atoms with Crippen LogP contribution in [0.4, 0.5) is 0 Å². The monoisotopic (exact) mass is 295 g/mol. The van der Waals surface area contributed by atoms with Crippen LogP contribution >= 0.6 is 22.9 Å². The number of rotatable bonds is 6. The lowest BCUT2D eigenvalue weighted by Gasteiger charge is -2.10. The molecule has 0 aliphatic carbocycles. The molecule has 0 radical (unpaired) electrons. The van der Waals surface area contributed by atoms with Crippen molar-refractivity contribution >= 4 is 22.9 Å². The molecular weight excluding hydrogens is 278 g/mol. The lowest BCUT2D eigenvalue weighted by molar-refractivity contribution is 0.322. The zero-order chi connectivity index (χ0) is 13.7. The maximum atomic E-state index is 6.21. The Kier molecular flexibility index (Phi) is 5.25. The average molecular weight is 296 g/mol. The van der Waals surface area contributed by atoms with Gasteiger partial charge >= 0.3 is 0 Å². The molecule has 1 aromatic carbocycles. The minimum absolute atomic E-state index is 0.140. The highest BCUT2D eigenvalue weighted by molar-refractivity contribution is 7.07. The van der Waals surface area contributed by atoms with Gasteiger partial charge in [-0.1, -0.05) is 17.7 Å². The van der Waals surface area contributed by atoms with Crippen LogP contribution in [0.2, 0.25) is 5.02 Å². The predicted molar refractivity (Wildman–Crippen MR) is 82.3 cm³/mol. The normalized spacial score (nSPS) is 12.4. The Morgan fingerprint density at radius 3 is 2.79 bits per heavy atom. The number of thiophene rings is 1. The summed E-state index contributed by atoms with van der Waals surface area (Å²) in [6, 6.07) is 8.14. The summed E-state index contributed by atoms with van der Waals surface area (Å²) in [4.78, 5) is 0. The van der Waals surface area contributed by atoms with Crippen LogP contribution in [0, 0.1) is 0 Å². The molecule has 0 aliphatic heterocycles. The van der Waals surface area contributed by atoms with Gasteiger partial charge in [0.1, 0.15) is 5.75 Å². The Morgan fingerprint density at radius 1 is 1.32 bits per heavy atom. The molecule has 4 heteroatoms. The summed E-state index contributed by atoms with van der Waals surface area (Å²) in [5, 5.41) is 4.87. The summed E-state index contributed by atoms with van der Waals surface area (Å²) in [6.45, 7) is 2.63. The standard InChI is InChI=1S/C15H18ClNOS/c1-11(17)8-13-2-3-15(14(16)9-13)18-6-4-12-5-7-19-10-12/h2-3,5,7,9-11H,4,6,8,17H2,1H3. The van der Waals surface area contributed by atoms with E-state index in [2.05, 4.69) is 16.8 Å². The van der Waals surface area contributed by atoms with Gasteiger partial charge in [0.2, 0.25) is 0 Å². The Balaban J connectivity index is 1.90. The fraction of sp³-hybridized carbons (Fsp3) is 0.333. The Bertz CT molecular complexity index is 511. The van der Waals surface area contributed by atoms with E-state index in [0.29, 0.717) is 11.6 Å². The van der Waals surface area contributed by atoms with Crippen molar-refractivity contribution in [2.75, 3.05) is 6.61 Å². The quantitative estimate of drug-likeness (QED) is 0.877. The van der Waals surface area contributed by atoms with Gasteiger partial charge in [0.05, 0.1) is 11.6 Å². The fourth-order valence-electron chi connectivity index (χ4n) is 1.87. The molecule has 2 rings (SSSR count). The summed E-state index contributed by atoms with van der Waals surface area (Å²) in [5.41, 5.74) is 8.22. The molecule has 0 spiro atoms. The van der Waals surface area contributed by atoms with E-state index in [-0.39, 0.29) is 6.04 Å². The van der Waals surface area contributed by atoms with Crippen molar-refractivity contribution in [2.24, 2.45) is 5.73 Å². The smallest absolute Gasteiger partial charge is 0.137 e. The molecule has 2 nitrogen and oxygen atoms in total. The highest BCUT2D eigenvalue weighted by atomic mass is 35.5. The summed E-state index contributed by atoms with van der Waals surface area (Å²) >= 11 is 7.91. The maximum Gasteiger partial charge on any atom is 0.137 e. The van der Waals surface area contributed by atoms with E-state index in [1.54, 1.807) is 11.3 Å². The second-order valence-electron chi connectivity index (χ2n) is 4.68. The summed E-state index contributed by atoms with van der Waals surface area (Å²) in [7, 11) is 0. The molecule has 0 saturated heterocycles. The molecule has 1 aromatic heterocycles. The van der Waals surface area contributed by atoms with Crippen LogP contribution in [-0.2, 0) is 12.8 Å². The first-order chi connectivity index (χ1) is 9.15. The summed E-state index contributed by atoms with van der Waals surface area (Å²) in [5.74, 6) is 0.741. The number of ether oxygens (including phenoxy) is 1. The van der Waals surface area contributed by atoms with Gasteiger partial charge in [-0.2, -0.15) is 11.3 Å². The van der Waals surface area contributed by atoms with Crippen LogP contribution in [0.25, 0.3) is 0 Å². The molecule has 1 atom stereocenters. The van der Waals surface area contributed by atoms with E-state index in [1.165, 1.54) is 5.56 Å². The maximum absolute atomic E-state index is 6.21. The Labute approximate surface area is 123 Å². The van der Waals surface area contributed by atoms with Gasteiger partial charge in [-0.25, -0.2) is 0 Å². The van der Waals surface area contributed by atoms with Gasteiger partial charge in [-0.15, -0.1) is 0 Å². The Morgan fingerprint density at radius 2 is 2.16 bits per heavy atom. The van der Waals surface area contributed by atoms with Crippen LogP contribution in [0.3, 0.4) is 0 Å². The van der Waals surface area contributed by atoms with E-state index in [9.17, 15) is 0 Å². The third kappa shape index (κ3) is 4.53. The highest BCUT2D eigenvalue weighted by Crippen LogP contribution is 2.26. The SMILES string of the molecule is CC(N)Cc1ccc(OCCc2ccsc2)c(Cl)c1. The Hall–Kier alpha value is -1.03. The largest absolute Gasteiger partial charge is 0.492 e. The van der Waals surface area contributed by atoms with Crippen molar-refractivity contribution in [3.05, 3.63) is 51.2 Å². The van der Waals surface area contributed by atoms with Crippen molar-refractivity contribution in [1.29, 1.82) is 0 Å². The van der Waals surface area contributed by atoms with Crippen molar-refractivity contribution < 1.29 is 4.74 Å². The van der Waals surface area contributed by atoms with Crippen molar-refractivity contribution in [3.8, 4) is 5.75 Å². The van der Waals surface area contributed by atoms with Crippen LogP contribution in [0.1, 0.15) is 18.1 Å². The van der Waals surface area contributed by atoms with Gasteiger partial charge in [0.25, 0.3) is 0 Å². The molecule has 0 bridgehead atoms. The molecular formula is C15H18ClNOS. The lowest BCUT2D eigenvalue weighted by atomic mass is 10.1. The molecule has 2 N–H and O–H groups in total. The highest BCUT2D eigenvalue weighted by Gasteiger charge is 2.05. The van der Waals surface area contributed by atoms with E-state index in [1.807, 2.05) is 25.1 Å². The second-order valence-corrected chi connectivity index (χ2v) is 5.86. The average Bonchev–Trinajstić information content (AvgIpc) is 2.84. The van der Waals surface area contributed by atoms with Crippen LogP contribution in [0.5, 0.6) is 5.75 Å². The molecule has 0 aliphatic rings. The molecule has 102 valence electrons. The van der Waals surface area contributed by atoms with E-state index in [4.69, 9.17) is 22.1 Å². The van der Waals surface area contributed by atoms with E-state index in [0.717, 1.165) is 24.2 Å². The number of hydrogen-bond donors (Lipinski definition) is 1. The second kappa shape index (κ2) is 6.94. The third-order valence-corrected chi connectivity index (χ3v) is 3.81. The first kappa shape index (κ1) is 14.4. The first-order valence-corrected chi connectivity index (χ1v) is 7.65. The minimum Gasteiger partial charge on any atom is -0.492 e. The molecule has 0 fully saturated rings. The van der Waals surface area contributed by atoms with Crippen LogP contribution < -0.4 is 10.5 Å². The van der Waals surface area contributed by atoms with Gasteiger partial charge in [-0.3, -0.25) is 0 Å². The van der Waals surface area contributed by atoms with Crippen LogP contribution in [-0.4, -0.2) is 12.6 Å². The predicted octanol–water partition coefficient (Wildman–Crippen LogP) is 3.91. The zero-order valence-corrected chi connectivity index (χ0v) is 12.5. The number of benzene rings is 1. The number of hydrogen-bond acceptors (Lipinski definition) is 3. The molecule has 1 heterocycles. The van der Waals surface area contributed by atoms with Crippen molar-refractivity contribution in [1.82, 2.24) is 0 Å². The van der Waals surface area contributed by atoms with Crippen molar-refractivity contribution in [2.45, 2.75) is 25.8 Å². The molecule has 1 unspecified atom stereocenters. The number of halogens is 1. The first-order valence-electron chi connectivity index (χ1n) is 6.33. The van der Waals surface area contributed by atoms with E-state index >= 15 is 0 Å². The minimum atomic E-state index is 0.140. The van der Waals surface area contributed by atoms with Crippen LogP contribution in [0.15, 0.2) is 35.0 Å². The number of nitrogens with two attached hydrogens (primary N) is 1. The summed E-state index contributed by atoms with van der Waals surface area (Å²) in [6.07, 6.45) is 1.73. The van der Waals surface area contributed by atoms with Gasteiger partial charge in [0.15, 0.2) is 0 Å². The van der Waals surface area contributed by atoms with E-state index < -0.39 is 0 Å². The molecule has 19 heavy (non-hydrogen) atoms. The van der Waals surface area contributed by atoms with Gasteiger partial charge < -0.3 is 10.5 Å².